The molecule has 5 heteroatoms. The van der Waals surface area contributed by atoms with Crippen LogP contribution in [0.25, 0.3) is 0 Å². The smallest absolute Gasteiger partial charge is 0.240 e. The van der Waals surface area contributed by atoms with E-state index < -0.39 is 5.54 Å². The number of likely N-dealkylation sites (tertiary alicyclic amines) is 1. The minimum absolute atomic E-state index is 0.521. The van der Waals surface area contributed by atoms with E-state index in [9.17, 15) is 0 Å². The highest BCUT2D eigenvalue weighted by molar-refractivity contribution is 4.99. The van der Waals surface area contributed by atoms with E-state index in [0.717, 1.165) is 19.6 Å². The van der Waals surface area contributed by atoms with Gasteiger partial charge in [0, 0.05) is 0 Å². The summed E-state index contributed by atoms with van der Waals surface area (Å²) in [6, 6.07) is 0. The molecule has 1 aliphatic rings. The van der Waals surface area contributed by atoms with Crippen LogP contribution in [0, 0.1) is 0 Å². The molecular weight excluding hydrogens is 192 g/mol. The van der Waals surface area contributed by atoms with E-state index in [4.69, 9.17) is 10.3 Å². The first kappa shape index (κ1) is 10.6. The van der Waals surface area contributed by atoms with Crippen LogP contribution < -0.4 is 5.73 Å². The summed E-state index contributed by atoms with van der Waals surface area (Å²) in [7, 11) is 0. The van der Waals surface area contributed by atoms with Crippen LogP contribution in [0.3, 0.4) is 0 Å². The molecule has 1 saturated heterocycles. The molecule has 0 saturated carbocycles. The van der Waals surface area contributed by atoms with Crippen molar-refractivity contribution in [1.29, 1.82) is 0 Å². The third-order valence-corrected chi connectivity index (χ3v) is 2.60. The Balaban J connectivity index is 2.00. The zero-order valence-corrected chi connectivity index (χ0v) is 9.36. The number of hydrogen-bond acceptors (Lipinski definition) is 5. The summed E-state index contributed by atoms with van der Waals surface area (Å²) < 4.78 is 5.17. The highest BCUT2D eigenvalue weighted by Gasteiger charge is 2.22. The zero-order valence-electron chi connectivity index (χ0n) is 9.36. The first-order valence-electron chi connectivity index (χ1n) is 5.40. The second-order valence-electron chi connectivity index (χ2n) is 4.72. The number of nitrogens with two attached hydrogens (primary N) is 1. The maximum atomic E-state index is 5.88. The van der Waals surface area contributed by atoms with E-state index in [2.05, 4.69) is 15.0 Å². The largest absolute Gasteiger partial charge is 0.338 e. The Labute approximate surface area is 89.6 Å². The van der Waals surface area contributed by atoms with Gasteiger partial charge in [-0.1, -0.05) is 5.16 Å². The molecule has 2 heterocycles. The van der Waals surface area contributed by atoms with Crippen molar-refractivity contribution in [3.05, 3.63) is 11.7 Å². The lowest BCUT2D eigenvalue weighted by Crippen LogP contribution is -2.30. The molecule has 0 amide bonds. The molecule has 1 aromatic rings. The monoisotopic (exact) mass is 210 g/mol. The standard InChI is InChI=1S/C10H18N4O/c1-10(2,11)9-12-8(15-13-9)7-14-5-3-4-6-14/h3-7,11H2,1-2H3. The van der Waals surface area contributed by atoms with Crippen molar-refractivity contribution in [2.45, 2.75) is 38.8 Å². The molecular formula is C10H18N4O. The fourth-order valence-corrected chi connectivity index (χ4v) is 1.71. The van der Waals surface area contributed by atoms with E-state index >= 15 is 0 Å². The van der Waals surface area contributed by atoms with Gasteiger partial charge >= 0.3 is 0 Å². The Hall–Kier alpha value is -0.940. The average molecular weight is 210 g/mol. The van der Waals surface area contributed by atoms with Gasteiger partial charge in [0.05, 0.1) is 12.1 Å². The SMILES string of the molecule is CC(C)(N)c1noc(CN2CCCC2)n1. The maximum absolute atomic E-state index is 5.88. The van der Waals surface area contributed by atoms with Gasteiger partial charge in [-0.3, -0.25) is 4.90 Å². The lowest BCUT2D eigenvalue weighted by atomic mass is 10.1. The summed E-state index contributed by atoms with van der Waals surface area (Å²) in [6.45, 7) is 6.76. The molecule has 2 rings (SSSR count). The van der Waals surface area contributed by atoms with E-state index in [1.165, 1.54) is 12.8 Å². The molecule has 0 unspecified atom stereocenters. The quantitative estimate of drug-likeness (QED) is 0.801. The molecule has 1 fully saturated rings. The van der Waals surface area contributed by atoms with Gasteiger partial charge in [0.15, 0.2) is 5.82 Å². The van der Waals surface area contributed by atoms with Crippen LogP contribution in [0.5, 0.6) is 0 Å². The average Bonchev–Trinajstić information content (AvgIpc) is 2.73. The Bertz CT molecular complexity index is 322. The molecule has 0 spiro atoms. The van der Waals surface area contributed by atoms with Crippen LogP contribution in [0.2, 0.25) is 0 Å². The van der Waals surface area contributed by atoms with Crippen LogP contribution in [0.1, 0.15) is 38.4 Å². The van der Waals surface area contributed by atoms with E-state index in [0.29, 0.717) is 11.7 Å². The summed E-state index contributed by atoms with van der Waals surface area (Å²) in [5.74, 6) is 1.25. The first-order chi connectivity index (χ1) is 7.05. The minimum atomic E-state index is -0.521. The summed E-state index contributed by atoms with van der Waals surface area (Å²) in [4.78, 5) is 6.62. The fraction of sp³-hybridized carbons (Fsp3) is 0.800. The van der Waals surface area contributed by atoms with E-state index in [1.807, 2.05) is 13.8 Å². The van der Waals surface area contributed by atoms with Crippen molar-refractivity contribution in [2.75, 3.05) is 13.1 Å². The van der Waals surface area contributed by atoms with Crippen molar-refractivity contribution in [3.63, 3.8) is 0 Å². The summed E-state index contributed by atoms with van der Waals surface area (Å²) in [5.41, 5.74) is 5.36. The molecule has 0 aliphatic carbocycles. The van der Waals surface area contributed by atoms with Gasteiger partial charge < -0.3 is 10.3 Å². The van der Waals surface area contributed by atoms with Crippen LogP contribution >= 0.6 is 0 Å². The Kier molecular flexibility index (Phi) is 2.75. The van der Waals surface area contributed by atoms with Crippen molar-refractivity contribution in [1.82, 2.24) is 15.0 Å². The van der Waals surface area contributed by atoms with Gasteiger partial charge in [0.2, 0.25) is 5.89 Å². The van der Waals surface area contributed by atoms with Crippen LogP contribution in [0.15, 0.2) is 4.52 Å². The number of aromatic nitrogens is 2. The predicted octanol–water partition coefficient (Wildman–Crippen LogP) is 0.859. The predicted molar refractivity (Wildman–Crippen MR) is 56.0 cm³/mol. The summed E-state index contributed by atoms with van der Waals surface area (Å²) >= 11 is 0. The summed E-state index contributed by atoms with van der Waals surface area (Å²) in [6.07, 6.45) is 2.53. The molecule has 1 aliphatic heterocycles. The van der Waals surface area contributed by atoms with Crippen molar-refractivity contribution in [3.8, 4) is 0 Å². The normalized spacial score (nSPS) is 18.6. The van der Waals surface area contributed by atoms with Crippen LogP contribution in [0.4, 0.5) is 0 Å². The van der Waals surface area contributed by atoms with Crippen LogP contribution in [-0.4, -0.2) is 28.1 Å². The molecule has 0 radical (unpaired) electrons. The number of nitrogens with zero attached hydrogens (tertiary/aromatic N) is 3. The Morgan fingerprint density at radius 1 is 1.40 bits per heavy atom. The van der Waals surface area contributed by atoms with Crippen molar-refractivity contribution < 1.29 is 4.52 Å². The first-order valence-corrected chi connectivity index (χ1v) is 5.40. The van der Waals surface area contributed by atoms with Crippen molar-refractivity contribution >= 4 is 0 Å². The second-order valence-corrected chi connectivity index (χ2v) is 4.72. The van der Waals surface area contributed by atoms with Gasteiger partial charge in [-0.05, 0) is 39.8 Å². The molecule has 0 bridgehead atoms. The fourth-order valence-electron chi connectivity index (χ4n) is 1.71. The molecule has 0 atom stereocenters. The molecule has 0 aromatic carbocycles. The molecule has 5 nitrogen and oxygen atoms in total. The van der Waals surface area contributed by atoms with E-state index in [-0.39, 0.29) is 0 Å². The molecule has 15 heavy (non-hydrogen) atoms. The van der Waals surface area contributed by atoms with Gasteiger partial charge in [-0.2, -0.15) is 4.98 Å². The topological polar surface area (TPSA) is 68.2 Å². The van der Waals surface area contributed by atoms with Crippen molar-refractivity contribution in [2.24, 2.45) is 5.73 Å². The van der Waals surface area contributed by atoms with Gasteiger partial charge in [0.1, 0.15) is 0 Å². The van der Waals surface area contributed by atoms with Gasteiger partial charge in [0.25, 0.3) is 0 Å². The maximum Gasteiger partial charge on any atom is 0.240 e. The van der Waals surface area contributed by atoms with E-state index in [1.54, 1.807) is 0 Å². The highest BCUT2D eigenvalue weighted by atomic mass is 16.5. The lowest BCUT2D eigenvalue weighted by molar-refractivity contribution is 0.266. The second kappa shape index (κ2) is 3.90. The Morgan fingerprint density at radius 3 is 2.60 bits per heavy atom. The lowest BCUT2D eigenvalue weighted by Gasteiger charge is -2.12. The summed E-state index contributed by atoms with van der Waals surface area (Å²) in [5, 5.41) is 3.89. The van der Waals surface area contributed by atoms with Gasteiger partial charge in [-0.15, -0.1) is 0 Å². The third-order valence-electron chi connectivity index (χ3n) is 2.60. The zero-order chi connectivity index (χ0) is 10.9. The molecule has 2 N–H and O–H groups in total. The van der Waals surface area contributed by atoms with Gasteiger partial charge in [-0.25, -0.2) is 0 Å². The minimum Gasteiger partial charge on any atom is -0.338 e. The number of hydrogen-bond donors (Lipinski definition) is 1. The van der Waals surface area contributed by atoms with Crippen LogP contribution in [-0.2, 0) is 12.1 Å². The third kappa shape index (κ3) is 2.54. The number of rotatable bonds is 3. The molecule has 84 valence electrons. The Morgan fingerprint density at radius 2 is 2.07 bits per heavy atom. The highest BCUT2D eigenvalue weighted by Crippen LogP contribution is 2.15. The molecule has 1 aromatic heterocycles.